The van der Waals surface area contributed by atoms with Gasteiger partial charge in [0.25, 0.3) is 5.91 Å². The topological polar surface area (TPSA) is 93.2 Å². The van der Waals surface area contributed by atoms with E-state index in [2.05, 4.69) is 14.8 Å². The van der Waals surface area contributed by atoms with Crippen LogP contribution in [0.4, 0.5) is 0 Å². The normalized spacial score (nSPS) is 16.0. The molecule has 3 N–H and O–H groups in total. The van der Waals surface area contributed by atoms with Crippen molar-refractivity contribution in [1.82, 2.24) is 19.8 Å². The molecule has 156 valence electrons. The van der Waals surface area contributed by atoms with Crippen LogP contribution in [0, 0.1) is 5.41 Å². The molecule has 1 aliphatic rings. The van der Waals surface area contributed by atoms with Crippen molar-refractivity contribution in [1.29, 1.82) is 0 Å². The fourth-order valence-corrected chi connectivity index (χ4v) is 3.77. The molecule has 7 nitrogen and oxygen atoms in total. The number of hydrogen-bond acceptors (Lipinski definition) is 4. The molecule has 0 aliphatic carbocycles. The van der Waals surface area contributed by atoms with Gasteiger partial charge in [0.2, 0.25) is 5.91 Å². The zero-order valence-corrected chi connectivity index (χ0v) is 17.7. The lowest BCUT2D eigenvalue weighted by Gasteiger charge is -2.31. The second kappa shape index (κ2) is 8.37. The highest BCUT2D eigenvalue weighted by molar-refractivity contribution is 5.97. The predicted octanol–water partition coefficient (Wildman–Crippen LogP) is 2.41. The Hall–Kier alpha value is -2.67. The molecule has 0 radical (unpaired) electrons. The van der Waals surface area contributed by atoms with Crippen molar-refractivity contribution in [2.45, 2.75) is 52.7 Å². The molecule has 0 saturated carbocycles. The molecule has 2 amide bonds. The van der Waals surface area contributed by atoms with E-state index in [0.29, 0.717) is 18.7 Å². The van der Waals surface area contributed by atoms with Gasteiger partial charge in [-0.2, -0.15) is 0 Å². The smallest absolute Gasteiger partial charge is 0.272 e. The molecule has 0 fully saturated rings. The zero-order valence-electron chi connectivity index (χ0n) is 17.7. The number of amides is 2. The number of nitrogens with one attached hydrogen (secondary N) is 1. The Kier molecular flexibility index (Phi) is 6.07. The number of carbonyl (C=O) groups is 2. The summed E-state index contributed by atoms with van der Waals surface area (Å²) in [5.41, 5.74) is 7.39. The maximum atomic E-state index is 13.2. The molecule has 0 bridgehead atoms. The molecule has 3 rings (SSSR count). The van der Waals surface area contributed by atoms with Crippen LogP contribution in [-0.2, 0) is 17.9 Å². The summed E-state index contributed by atoms with van der Waals surface area (Å²) in [4.78, 5) is 32.2. The lowest BCUT2D eigenvalue weighted by atomic mass is 9.81. The van der Waals surface area contributed by atoms with Crippen molar-refractivity contribution in [2.24, 2.45) is 11.1 Å². The first-order chi connectivity index (χ1) is 13.7. The van der Waals surface area contributed by atoms with Crippen LogP contribution in [0.1, 0.15) is 49.8 Å². The van der Waals surface area contributed by atoms with Crippen LogP contribution in [0.5, 0.6) is 0 Å². The second-order valence-electron chi connectivity index (χ2n) is 8.49. The highest BCUT2D eigenvalue weighted by Crippen LogP contribution is 2.28. The molecule has 2 aromatic rings. The van der Waals surface area contributed by atoms with Crippen LogP contribution in [-0.4, -0.2) is 45.9 Å². The van der Waals surface area contributed by atoms with Gasteiger partial charge in [0.1, 0.15) is 11.9 Å². The van der Waals surface area contributed by atoms with Crippen LogP contribution in [0.25, 0.3) is 11.4 Å². The average Bonchev–Trinajstić information content (AvgIpc) is 2.93. The Labute approximate surface area is 172 Å². The van der Waals surface area contributed by atoms with Gasteiger partial charge >= 0.3 is 0 Å². The van der Waals surface area contributed by atoms with E-state index in [0.717, 1.165) is 36.6 Å². The van der Waals surface area contributed by atoms with E-state index in [1.54, 1.807) is 0 Å². The number of nitrogens with two attached hydrogens (primary N) is 1. The molecule has 2 heterocycles. The highest BCUT2D eigenvalue weighted by atomic mass is 16.2. The van der Waals surface area contributed by atoms with Gasteiger partial charge in [-0.15, -0.1) is 0 Å². The third kappa shape index (κ3) is 4.34. The van der Waals surface area contributed by atoms with Crippen molar-refractivity contribution in [2.75, 3.05) is 13.6 Å². The summed E-state index contributed by atoms with van der Waals surface area (Å²) in [6.45, 7) is 8.21. The Morgan fingerprint density at radius 3 is 2.55 bits per heavy atom. The molecule has 1 atom stereocenters. The van der Waals surface area contributed by atoms with E-state index in [-0.39, 0.29) is 5.91 Å². The standard InChI is InChI=1S/C22H31N5O2/c1-5-22(2,3)18(19(23)28)25-21(29)17-16-14-26(4)12-9-13-27(16)20(24-17)15-10-7-6-8-11-15/h6-8,10-11,18H,5,9,12-14H2,1-4H3,(H2,23,28)(H,25,29). The fourth-order valence-electron chi connectivity index (χ4n) is 3.77. The molecule has 1 unspecified atom stereocenters. The van der Waals surface area contributed by atoms with Crippen LogP contribution >= 0.6 is 0 Å². The summed E-state index contributed by atoms with van der Waals surface area (Å²) in [7, 11) is 2.04. The summed E-state index contributed by atoms with van der Waals surface area (Å²) in [6.07, 6.45) is 1.69. The molecule has 1 aliphatic heterocycles. The lowest BCUT2D eigenvalue weighted by molar-refractivity contribution is -0.122. The maximum Gasteiger partial charge on any atom is 0.272 e. The van der Waals surface area contributed by atoms with Crippen molar-refractivity contribution >= 4 is 11.8 Å². The van der Waals surface area contributed by atoms with Crippen LogP contribution < -0.4 is 11.1 Å². The number of rotatable bonds is 6. The van der Waals surface area contributed by atoms with E-state index >= 15 is 0 Å². The number of hydrogen-bond donors (Lipinski definition) is 2. The Bertz CT molecular complexity index is 888. The number of aromatic nitrogens is 2. The Morgan fingerprint density at radius 2 is 1.93 bits per heavy atom. The molecule has 0 saturated heterocycles. The number of nitrogens with zero attached hydrogens (tertiary/aromatic N) is 3. The first-order valence-electron chi connectivity index (χ1n) is 10.2. The molecule has 0 spiro atoms. The largest absolute Gasteiger partial charge is 0.368 e. The van der Waals surface area contributed by atoms with Gasteiger partial charge in [0, 0.05) is 18.7 Å². The number of primary amides is 1. The van der Waals surface area contributed by atoms with Crippen LogP contribution in [0.3, 0.4) is 0 Å². The highest BCUT2D eigenvalue weighted by Gasteiger charge is 2.35. The van der Waals surface area contributed by atoms with E-state index < -0.39 is 17.4 Å². The minimum absolute atomic E-state index is 0.350. The fraction of sp³-hybridized carbons (Fsp3) is 0.500. The second-order valence-corrected chi connectivity index (χ2v) is 8.49. The van der Waals surface area contributed by atoms with Crippen molar-refractivity contribution < 1.29 is 9.59 Å². The first kappa shape index (κ1) is 21.0. The summed E-state index contributed by atoms with van der Waals surface area (Å²) in [5.74, 6) is -0.0983. The Balaban J connectivity index is 2.03. The van der Waals surface area contributed by atoms with E-state index in [9.17, 15) is 9.59 Å². The minimum Gasteiger partial charge on any atom is -0.368 e. The van der Waals surface area contributed by atoms with Crippen LogP contribution in [0.2, 0.25) is 0 Å². The molecule has 29 heavy (non-hydrogen) atoms. The van der Waals surface area contributed by atoms with Crippen LogP contribution in [0.15, 0.2) is 30.3 Å². The summed E-state index contributed by atoms with van der Waals surface area (Å²) >= 11 is 0. The first-order valence-corrected chi connectivity index (χ1v) is 10.2. The molecule has 1 aromatic heterocycles. The minimum atomic E-state index is -0.763. The van der Waals surface area contributed by atoms with Gasteiger partial charge in [-0.05, 0) is 31.8 Å². The zero-order chi connectivity index (χ0) is 21.2. The van der Waals surface area contributed by atoms with Gasteiger partial charge in [-0.3, -0.25) is 9.59 Å². The van der Waals surface area contributed by atoms with Gasteiger partial charge in [-0.1, -0.05) is 51.1 Å². The summed E-state index contributed by atoms with van der Waals surface area (Å²) in [6, 6.07) is 9.12. The monoisotopic (exact) mass is 397 g/mol. The number of benzene rings is 1. The Morgan fingerprint density at radius 1 is 1.24 bits per heavy atom. The quantitative estimate of drug-likeness (QED) is 0.783. The molecule has 7 heteroatoms. The summed E-state index contributed by atoms with van der Waals surface area (Å²) in [5, 5.41) is 2.87. The molecular weight excluding hydrogens is 366 g/mol. The van der Waals surface area contributed by atoms with E-state index in [1.807, 2.05) is 58.2 Å². The van der Waals surface area contributed by atoms with Gasteiger partial charge in [0.05, 0.1) is 5.69 Å². The average molecular weight is 398 g/mol. The van der Waals surface area contributed by atoms with Crippen molar-refractivity contribution in [3.63, 3.8) is 0 Å². The third-order valence-corrected chi connectivity index (χ3v) is 5.91. The van der Waals surface area contributed by atoms with Gasteiger partial charge < -0.3 is 20.5 Å². The number of carbonyl (C=O) groups excluding carboxylic acids is 2. The van der Waals surface area contributed by atoms with E-state index in [1.165, 1.54) is 0 Å². The number of imidazole rings is 1. The summed E-state index contributed by atoms with van der Waals surface area (Å²) < 4.78 is 2.14. The maximum absolute atomic E-state index is 13.2. The van der Waals surface area contributed by atoms with Gasteiger partial charge in [0.15, 0.2) is 5.69 Å². The lowest BCUT2D eigenvalue weighted by Crippen LogP contribution is -2.53. The van der Waals surface area contributed by atoms with Crippen molar-refractivity contribution in [3.8, 4) is 11.4 Å². The van der Waals surface area contributed by atoms with E-state index in [4.69, 9.17) is 10.7 Å². The predicted molar refractivity (Wildman–Crippen MR) is 113 cm³/mol. The SMILES string of the molecule is CCC(C)(C)C(NC(=O)c1nc(-c2ccccc2)n2c1CN(C)CCC2)C(N)=O. The van der Waals surface area contributed by atoms with Crippen molar-refractivity contribution in [3.05, 3.63) is 41.7 Å². The van der Waals surface area contributed by atoms with Gasteiger partial charge in [-0.25, -0.2) is 4.98 Å². The third-order valence-electron chi connectivity index (χ3n) is 5.91. The molecule has 1 aromatic carbocycles. The molecular formula is C22H31N5O2. The number of fused-ring (bicyclic) bond motifs is 1.